The van der Waals surface area contributed by atoms with Crippen LogP contribution in [-0.2, 0) is 4.79 Å². The first-order chi connectivity index (χ1) is 10.1. The van der Waals surface area contributed by atoms with Gasteiger partial charge in [0.25, 0.3) is 0 Å². The van der Waals surface area contributed by atoms with E-state index in [2.05, 4.69) is 12.1 Å². The SMILES string of the molecule is CN(C)C(=O)CCC(O)c1ccc(-c2ccccc2)cc1. The molecule has 2 aromatic rings. The number of benzene rings is 2. The molecule has 3 heteroatoms. The standard InChI is InChI=1S/C18H21NO2/c1-19(2)18(21)13-12-17(20)16-10-8-15(9-11-16)14-6-4-3-5-7-14/h3-11,17,20H,12-13H2,1-2H3. The van der Waals surface area contributed by atoms with Gasteiger partial charge in [-0.1, -0.05) is 54.6 Å². The fourth-order valence-corrected chi connectivity index (χ4v) is 2.18. The lowest BCUT2D eigenvalue weighted by Gasteiger charge is -2.14. The Balaban J connectivity index is 2.00. The molecule has 0 aromatic heterocycles. The molecule has 1 N–H and O–H groups in total. The number of carbonyl (C=O) groups is 1. The summed E-state index contributed by atoms with van der Waals surface area (Å²) >= 11 is 0. The molecular formula is C18H21NO2. The zero-order valence-electron chi connectivity index (χ0n) is 12.5. The molecule has 3 nitrogen and oxygen atoms in total. The highest BCUT2D eigenvalue weighted by Crippen LogP contribution is 2.23. The number of amides is 1. The van der Waals surface area contributed by atoms with Crippen LogP contribution in [0, 0.1) is 0 Å². The number of aliphatic hydroxyl groups is 1. The van der Waals surface area contributed by atoms with E-state index in [1.165, 1.54) is 0 Å². The molecule has 110 valence electrons. The van der Waals surface area contributed by atoms with Gasteiger partial charge in [0.15, 0.2) is 0 Å². The summed E-state index contributed by atoms with van der Waals surface area (Å²) in [7, 11) is 3.45. The molecule has 0 saturated heterocycles. The number of hydrogen-bond acceptors (Lipinski definition) is 2. The van der Waals surface area contributed by atoms with E-state index in [1.54, 1.807) is 19.0 Å². The van der Waals surface area contributed by atoms with Crippen molar-refractivity contribution in [1.82, 2.24) is 4.90 Å². The van der Waals surface area contributed by atoms with Crippen LogP contribution >= 0.6 is 0 Å². The van der Waals surface area contributed by atoms with Gasteiger partial charge in [-0.15, -0.1) is 0 Å². The zero-order valence-corrected chi connectivity index (χ0v) is 12.5. The summed E-state index contributed by atoms with van der Waals surface area (Å²) < 4.78 is 0. The maximum atomic E-state index is 11.5. The van der Waals surface area contributed by atoms with Gasteiger partial charge in [-0.25, -0.2) is 0 Å². The monoisotopic (exact) mass is 283 g/mol. The summed E-state index contributed by atoms with van der Waals surface area (Å²) in [5.41, 5.74) is 3.12. The van der Waals surface area contributed by atoms with E-state index in [1.807, 2.05) is 42.5 Å². The molecule has 0 spiro atoms. The van der Waals surface area contributed by atoms with Crippen molar-refractivity contribution >= 4 is 5.91 Å². The summed E-state index contributed by atoms with van der Waals surface area (Å²) in [5, 5.41) is 10.1. The maximum Gasteiger partial charge on any atom is 0.222 e. The van der Waals surface area contributed by atoms with Crippen LogP contribution in [0.3, 0.4) is 0 Å². The second-order valence-electron chi connectivity index (χ2n) is 5.33. The van der Waals surface area contributed by atoms with Crippen molar-refractivity contribution < 1.29 is 9.90 Å². The molecule has 0 aliphatic rings. The van der Waals surface area contributed by atoms with Gasteiger partial charge < -0.3 is 10.0 Å². The van der Waals surface area contributed by atoms with Crippen molar-refractivity contribution in [2.75, 3.05) is 14.1 Å². The predicted molar refractivity (Wildman–Crippen MR) is 84.8 cm³/mol. The van der Waals surface area contributed by atoms with Gasteiger partial charge >= 0.3 is 0 Å². The molecule has 1 unspecified atom stereocenters. The first kappa shape index (κ1) is 15.3. The highest BCUT2D eigenvalue weighted by Gasteiger charge is 2.11. The molecule has 0 heterocycles. The van der Waals surface area contributed by atoms with Crippen molar-refractivity contribution in [3.63, 3.8) is 0 Å². The van der Waals surface area contributed by atoms with Crippen LogP contribution in [0.4, 0.5) is 0 Å². The number of hydrogen-bond donors (Lipinski definition) is 1. The molecule has 0 radical (unpaired) electrons. The van der Waals surface area contributed by atoms with Crippen molar-refractivity contribution in [2.24, 2.45) is 0 Å². The molecule has 0 aliphatic heterocycles. The molecule has 1 atom stereocenters. The molecule has 0 aliphatic carbocycles. The normalized spacial score (nSPS) is 12.0. The van der Waals surface area contributed by atoms with Gasteiger partial charge in [-0.3, -0.25) is 4.79 Å². The Hall–Kier alpha value is -2.13. The largest absolute Gasteiger partial charge is 0.388 e. The van der Waals surface area contributed by atoms with Crippen LogP contribution in [0.15, 0.2) is 54.6 Å². The first-order valence-electron chi connectivity index (χ1n) is 7.11. The van der Waals surface area contributed by atoms with E-state index in [0.29, 0.717) is 12.8 Å². The van der Waals surface area contributed by atoms with Crippen LogP contribution in [-0.4, -0.2) is 30.0 Å². The average molecular weight is 283 g/mol. The van der Waals surface area contributed by atoms with Crippen LogP contribution in [0.2, 0.25) is 0 Å². The third kappa shape index (κ3) is 4.17. The van der Waals surface area contributed by atoms with Gasteiger partial charge in [0, 0.05) is 20.5 Å². The van der Waals surface area contributed by atoms with Gasteiger partial charge in [-0.05, 0) is 23.1 Å². The number of nitrogens with zero attached hydrogens (tertiary/aromatic N) is 1. The minimum Gasteiger partial charge on any atom is -0.388 e. The van der Waals surface area contributed by atoms with E-state index >= 15 is 0 Å². The summed E-state index contributed by atoms with van der Waals surface area (Å²) in [6, 6.07) is 18.0. The lowest BCUT2D eigenvalue weighted by Crippen LogP contribution is -2.21. The van der Waals surface area contributed by atoms with Crippen molar-refractivity contribution in [2.45, 2.75) is 18.9 Å². The van der Waals surface area contributed by atoms with Crippen LogP contribution in [0.5, 0.6) is 0 Å². The Morgan fingerprint density at radius 1 is 1.00 bits per heavy atom. The summed E-state index contributed by atoms with van der Waals surface area (Å²) in [6.45, 7) is 0. The Labute approximate surface area is 125 Å². The minimum absolute atomic E-state index is 0.0370. The average Bonchev–Trinajstić information content (AvgIpc) is 2.53. The molecule has 2 rings (SSSR count). The number of rotatable bonds is 5. The zero-order chi connectivity index (χ0) is 15.2. The number of carbonyl (C=O) groups excluding carboxylic acids is 1. The Kier molecular flexibility index (Phi) is 5.12. The fraction of sp³-hybridized carbons (Fsp3) is 0.278. The van der Waals surface area contributed by atoms with Gasteiger partial charge in [0.1, 0.15) is 0 Å². The van der Waals surface area contributed by atoms with Crippen LogP contribution < -0.4 is 0 Å². The highest BCUT2D eigenvalue weighted by molar-refractivity contribution is 5.75. The topological polar surface area (TPSA) is 40.5 Å². The molecule has 21 heavy (non-hydrogen) atoms. The minimum atomic E-state index is -0.598. The first-order valence-corrected chi connectivity index (χ1v) is 7.11. The smallest absolute Gasteiger partial charge is 0.222 e. The lowest BCUT2D eigenvalue weighted by molar-refractivity contribution is -0.129. The second kappa shape index (κ2) is 7.04. The van der Waals surface area contributed by atoms with Crippen molar-refractivity contribution in [3.8, 4) is 11.1 Å². The Morgan fingerprint density at radius 3 is 2.14 bits per heavy atom. The van der Waals surface area contributed by atoms with Crippen LogP contribution in [0.25, 0.3) is 11.1 Å². The van der Waals surface area contributed by atoms with E-state index in [0.717, 1.165) is 16.7 Å². The van der Waals surface area contributed by atoms with Crippen LogP contribution in [0.1, 0.15) is 24.5 Å². The van der Waals surface area contributed by atoms with Crippen molar-refractivity contribution in [3.05, 3.63) is 60.2 Å². The molecule has 0 fully saturated rings. The summed E-state index contributed by atoms with van der Waals surface area (Å²) in [5.74, 6) is 0.0370. The van der Waals surface area contributed by atoms with Gasteiger partial charge in [0.05, 0.1) is 6.10 Å². The summed E-state index contributed by atoms with van der Waals surface area (Å²) in [4.78, 5) is 13.1. The van der Waals surface area contributed by atoms with Gasteiger partial charge in [0.2, 0.25) is 5.91 Å². The molecule has 0 bridgehead atoms. The molecule has 2 aromatic carbocycles. The summed E-state index contributed by atoms with van der Waals surface area (Å²) in [6.07, 6.45) is 0.203. The van der Waals surface area contributed by atoms with E-state index < -0.39 is 6.10 Å². The third-order valence-corrected chi connectivity index (χ3v) is 3.53. The number of aliphatic hydroxyl groups excluding tert-OH is 1. The maximum absolute atomic E-state index is 11.5. The van der Waals surface area contributed by atoms with E-state index in [-0.39, 0.29) is 5.91 Å². The Morgan fingerprint density at radius 2 is 1.57 bits per heavy atom. The van der Waals surface area contributed by atoms with E-state index in [9.17, 15) is 9.90 Å². The van der Waals surface area contributed by atoms with E-state index in [4.69, 9.17) is 0 Å². The quantitative estimate of drug-likeness (QED) is 0.915. The highest BCUT2D eigenvalue weighted by atomic mass is 16.3. The van der Waals surface area contributed by atoms with Gasteiger partial charge in [-0.2, -0.15) is 0 Å². The third-order valence-electron chi connectivity index (χ3n) is 3.53. The predicted octanol–water partition coefficient (Wildman–Crippen LogP) is 3.26. The second-order valence-corrected chi connectivity index (χ2v) is 5.33. The fourth-order valence-electron chi connectivity index (χ4n) is 2.18. The lowest BCUT2D eigenvalue weighted by atomic mass is 10.00. The molecular weight excluding hydrogens is 262 g/mol. The Bertz CT molecular complexity index is 576. The molecule has 0 saturated carbocycles. The van der Waals surface area contributed by atoms with Crippen molar-refractivity contribution in [1.29, 1.82) is 0 Å². The molecule has 1 amide bonds.